The van der Waals surface area contributed by atoms with Gasteiger partial charge in [-0.15, -0.1) is 24.8 Å². The first-order valence-electron chi connectivity index (χ1n) is 9.80. The number of rotatable bonds is 13. The van der Waals surface area contributed by atoms with Gasteiger partial charge in [-0.3, -0.25) is 0 Å². The van der Waals surface area contributed by atoms with Crippen LogP contribution in [0.3, 0.4) is 0 Å². The molecule has 0 atom stereocenters. The van der Waals surface area contributed by atoms with Gasteiger partial charge in [0.05, 0.1) is 17.7 Å². The molecule has 0 aliphatic carbocycles. The van der Waals surface area contributed by atoms with Crippen LogP contribution in [0.1, 0.15) is 30.0 Å². The second-order valence-electron chi connectivity index (χ2n) is 6.62. The Morgan fingerprint density at radius 1 is 0.933 bits per heavy atom. The van der Waals surface area contributed by atoms with Crippen molar-refractivity contribution < 1.29 is 14.6 Å². The van der Waals surface area contributed by atoms with Gasteiger partial charge in [-0.1, -0.05) is 29.8 Å². The Morgan fingerprint density at radius 2 is 1.63 bits per heavy atom. The van der Waals surface area contributed by atoms with Crippen LogP contribution in [-0.2, 0) is 13.2 Å². The fraction of sp³-hybridized carbons (Fsp3) is 0.455. The van der Waals surface area contributed by atoms with E-state index in [1.165, 1.54) is 5.56 Å². The first-order valence-corrected chi connectivity index (χ1v) is 10.6. The van der Waals surface area contributed by atoms with E-state index < -0.39 is 0 Å². The monoisotopic (exact) mass is 522 g/mol. The number of nitrogens with one attached hydrogen (secondary N) is 2. The van der Waals surface area contributed by atoms with E-state index in [9.17, 15) is 0 Å². The minimum Gasteiger partial charge on any atom is -0.490 e. The summed E-state index contributed by atoms with van der Waals surface area (Å²) in [6, 6.07) is 12.4. The SMILES string of the molecule is CCOc1cc(CNCCCNCCO)cc(Br)c1OCc1ccc(C)cc1.Cl.Cl. The smallest absolute Gasteiger partial charge is 0.175 e. The Balaban J connectivity index is 0.00000420. The molecule has 0 aliphatic rings. The Labute approximate surface area is 200 Å². The Kier molecular flexibility index (Phi) is 16.1. The number of halogens is 3. The molecule has 3 N–H and O–H groups in total. The molecule has 0 bridgehead atoms. The van der Waals surface area contributed by atoms with Gasteiger partial charge in [0.1, 0.15) is 6.61 Å². The van der Waals surface area contributed by atoms with Crippen LogP contribution in [0.4, 0.5) is 0 Å². The third-order valence-corrected chi connectivity index (χ3v) is 4.79. The number of aliphatic hydroxyl groups excluding tert-OH is 1. The predicted molar refractivity (Wildman–Crippen MR) is 132 cm³/mol. The van der Waals surface area contributed by atoms with Gasteiger partial charge in [0.2, 0.25) is 0 Å². The van der Waals surface area contributed by atoms with E-state index in [0.29, 0.717) is 19.8 Å². The molecule has 0 amide bonds. The van der Waals surface area contributed by atoms with E-state index in [1.54, 1.807) is 0 Å². The average molecular weight is 524 g/mol. The van der Waals surface area contributed by atoms with E-state index in [-0.39, 0.29) is 31.4 Å². The average Bonchev–Trinajstić information content (AvgIpc) is 2.68. The quantitative estimate of drug-likeness (QED) is 0.334. The Bertz CT molecular complexity index is 718. The van der Waals surface area contributed by atoms with Crippen LogP contribution in [0.25, 0.3) is 0 Å². The van der Waals surface area contributed by atoms with Crippen molar-refractivity contribution in [2.45, 2.75) is 33.4 Å². The largest absolute Gasteiger partial charge is 0.490 e. The lowest BCUT2D eigenvalue weighted by Crippen LogP contribution is -2.23. The molecule has 0 aliphatic heterocycles. The van der Waals surface area contributed by atoms with Gasteiger partial charge in [-0.05, 0) is 72.5 Å². The van der Waals surface area contributed by atoms with Crippen LogP contribution in [0.5, 0.6) is 11.5 Å². The molecule has 0 saturated carbocycles. The standard InChI is InChI=1S/C22H31BrN2O3.2ClH/c1-3-27-21-14-19(15-25-10-4-9-24-11-12-26)13-20(23)22(21)28-16-18-7-5-17(2)6-8-18;;/h5-8,13-14,24-26H,3-4,9-12,15-16H2,1-2H3;2*1H. The molecule has 0 fully saturated rings. The van der Waals surface area contributed by atoms with Gasteiger partial charge in [0, 0.05) is 13.1 Å². The molecule has 0 heterocycles. The normalized spacial score (nSPS) is 10.1. The highest BCUT2D eigenvalue weighted by Gasteiger charge is 2.12. The van der Waals surface area contributed by atoms with Crippen molar-refractivity contribution in [1.29, 1.82) is 0 Å². The molecule has 0 saturated heterocycles. The molecule has 8 heteroatoms. The summed E-state index contributed by atoms with van der Waals surface area (Å²) in [4.78, 5) is 0. The molecule has 0 aromatic heterocycles. The highest BCUT2D eigenvalue weighted by Crippen LogP contribution is 2.37. The number of hydrogen-bond acceptors (Lipinski definition) is 5. The third-order valence-electron chi connectivity index (χ3n) is 4.20. The van der Waals surface area contributed by atoms with Crippen LogP contribution in [0, 0.1) is 6.92 Å². The zero-order chi connectivity index (χ0) is 20.2. The number of aryl methyl sites for hydroxylation is 1. The summed E-state index contributed by atoms with van der Waals surface area (Å²) in [5.41, 5.74) is 3.50. The van der Waals surface area contributed by atoms with E-state index >= 15 is 0 Å². The zero-order valence-electron chi connectivity index (χ0n) is 17.6. The van der Waals surface area contributed by atoms with E-state index in [2.05, 4.69) is 63.8 Å². The molecule has 0 spiro atoms. The van der Waals surface area contributed by atoms with Crippen LogP contribution in [0.2, 0.25) is 0 Å². The van der Waals surface area contributed by atoms with Gasteiger partial charge in [-0.25, -0.2) is 0 Å². The number of benzene rings is 2. The summed E-state index contributed by atoms with van der Waals surface area (Å²) in [5.74, 6) is 1.49. The number of aliphatic hydroxyl groups is 1. The number of hydrogen-bond donors (Lipinski definition) is 3. The first-order chi connectivity index (χ1) is 13.6. The molecular weight excluding hydrogens is 491 g/mol. The van der Waals surface area contributed by atoms with E-state index in [1.807, 2.05) is 13.0 Å². The molecule has 0 unspecified atom stereocenters. The number of ether oxygens (including phenoxy) is 2. The highest BCUT2D eigenvalue weighted by atomic mass is 79.9. The van der Waals surface area contributed by atoms with Crippen LogP contribution < -0.4 is 20.1 Å². The summed E-state index contributed by atoms with van der Waals surface area (Å²) < 4.78 is 12.8. The molecule has 5 nitrogen and oxygen atoms in total. The van der Waals surface area contributed by atoms with Crippen molar-refractivity contribution in [2.75, 3.05) is 32.8 Å². The van der Waals surface area contributed by atoms with Crippen molar-refractivity contribution in [1.82, 2.24) is 10.6 Å². The van der Waals surface area contributed by atoms with Crippen LogP contribution >= 0.6 is 40.7 Å². The third kappa shape index (κ3) is 10.3. The maximum atomic E-state index is 8.74. The van der Waals surface area contributed by atoms with Crippen molar-refractivity contribution in [2.24, 2.45) is 0 Å². The Morgan fingerprint density at radius 3 is 2.30 bits per heavy atom. The van der Waals surface area contributed by atoms with Gasteiger partial charge in [-0.2, -0.15) is 0 Å². The molecular formula is C22H33BrCl2N2O3. The van der Waals surface area contributed by atoms with Crippen LogP contribution in [0.15, 0.2) is 40.9 Å². The summed E-state index contributed by atoms with van der Waals surface area (Å²) in [5, 5.41) is 15.4. The van der Waals surface area contributed by atoms with Gasteiger partial charge in [0.25, 0.3) is 0 Å². The molecule has 170 valence electrons. The predicted octanol–water partition coefficient (Wildman–Crippen LogP) is 4.64. The second-order valence-corrected chi connectivity index (χ2v) is 7.47. The molecule has 2 rings (SSSR count). The maximum absolute atomic E-state index is 8.74. The zero-order valence-corrected chi connectivity index (χ0v) is 20.8. The van der Waals surface area contributed by atoms with Crippen LogP contribution in [-0.4, -0.2) is 38.0 Å². The lowest BCUT2D eigenvalue weighted by Gasteiger charge is -2.16. The Hall–Kier alpha value is -1.02. The highest BCUT2D eigenvalue weighted by molar-refractivity contribution is 9.10. The van der Waals surface area contributed by atoms with Crippen molar-refractivity contribution in [3.05, 3.63) is 57.6 Å². The fourth-order valence-electron chi connectivity index (χ4n) is 2.74. The minimum absolute atomic E-state index is 0. The fourth-order valence-corrected chi connectivity index (χ4v) is 3.35. The summed E-state index contributed by atoms with van der Waals surface area (Å²) in [6.07, 6.45) is 1.01. The van der Waals surface area contributed by atoms with E-state index in [4.69, 9.17) is 14.6 Å². The van der Waals surface area contributed by atoms with Crippen molar-refractivity contribution in [3.8, 4) is 11.5 Å². The van der Waals surface area contributed by atoms with Gasteiger partial charge < -0.3 is 25.2 Å². The van der Waals surface area contributed by atoms with Crippen molar-refractivity contribution >= 4 is 40.7 Å². The second kappa shape index (κ2) is 16.6. The molecule has 2 aromatic rings. The lowest BCUT2D eigenvalue weighted by atomic mass is 10.1. The minimum atomic E-state index is 0. The summed E-state index contributed by atoms with van der Waals surface area (Å²) in [6.45, 7) is 8.53. The summed E-state index contributed by atoms with van der Waals surface area (Å²) >= 11 is 3.64. The first kappa shape index (κ1) is 29.0. The molecule has 30 heavy (non-hydrogen) atoms. The van der Waals surface area contributed by atoms with Gasteiger partial charge in [0.15, 0.2) is 11.5 Å². The maximum Gasteiger partial charge on any atom is 0.175 e. The van der Waals surface area contributed by atoms with E-state index in [0.717, 1.165) is 53.2 Å². The van der Waals surface area contributed by atoms with Crippen molar-refractivity contribution in [3.63, 3.8) is 0 Å². The lowest BCUT2D eigenvalue weighted by molar-refractivity contribution is 0.267. The molecule has 2 aromatic carbocycles. The topological polar surface area (TPSA) is 62.8 Å². The van der Waals surface area contributed by atoms with Gasteiger partial charge >= 0.3 is 0 Å². The molecule has 0 radical (unpaired) electrons. The summed E-state index contributed by atoms with van der Waals surface area (Å²) in [7, 11) is 0.